The van der Waals surface area contributed by atoms with E-state index in [2.05, 4.69) is 40.5 Å². The number of piperidine rings is 2. The highest BCUT2D eigenvalue weighted by atomic mass is 35.5. The van der Waals surface area contributed by atoms with E-state index in [1.807, 2.05) is 26.0 Å². The number of aryl methyl sites for hydroxylation is 2. The summed E-state index contributed by atoms with van der Waals surface area (Å²) in [5.41, 5.74) is 13.0. The first-order chi connectivity index (χ1) is 28.0. The molecular weight excluding hydrogens is 781 g/mol. The summed E-state index contributed by atoms with van der Waals surface area (Å²) >= 11 is 12.2. The molecule has 4 N–H and O–H groups in total. The predicted octanol–water partition coefficient (Wildman–Crippen LogP) is 9.97. The van der Waals surface area contributed by atoms with Gasteiger partial charge in [0, 0.05) is 59.1 Å². The number of pyridine rings is 2. The van der Waals surface area contributed by atoms with Crippen molar-refractivity contribution in [3.63, 3.8) is 0 Å². The van der Waals surface area contributed by atoms with Gasteiger partial charge >= 0.3 is 6.03 Å². The third kappa shape index (κ3) is 11.7. The van der Waals surface area contributed by atoms with Gasteiger partial charge in [0.15, 0.2) is 0 Å². The average molecular weight is 826 g/mol. The average Bonchev–Trinajstić information content (AvgIpc) is 3.22. The van der Waals surface area contributed by atoms with Gasteiger partial charge in [0.1, 0.15) is 21.9 Å². The number of aromatic nitrogens is 6. The zero-order valence-corrected chi connectivity index (χ0v) is 33.8. The molecule has 6 aromatic rings. The number of carbonyl (C=O) groups excluding carboxylic acids is 1. The normalized spacial score (nSPS) is 13.7. The quantitative estimate of drug-likeness (QED) is 0.145. The molecule has 2 aromatic carbocycles. The lowest BCUT2D eigenvalue weighted by Gasteiger charge is -2.26. The van der Waals surface area contributed by atoms with Gasteiger partial charge in [-0.3, -0.25) is 5.32 Å². The summed E-state index contributed by atoms with van der Waals surface area (Å²) in [5, 5.41) is 6.82. The molecule has 300 valence electrons. The Bertz CT molecular complexity index is 2270. The first kappa shape index (κ1) is 42.0. The summed E-state index contributed by atoms with van der Waals surface area (Å²) in [6.07, 6.45) is 10.6. The molecule has 4 aromatic heterocycles. The smallest absolute Gasteiger partial charge is 0.324 e. The number of nitrogens with zero attached hydrogens (tertiary/aromatic N) is 7. The van der Waals surface area contributed by atoms with Gasteiger partial charge in [0.25, 0.3) is 0 Å². The second-order valence-corrected chi connectivity index (χ2v) is 14.7. The molecule has 6 heterocycles. The molecular formula is C43H44Cl2F2N10O. The maximum atomic E-state index is 13.5. The number of amides is 2. The van der Waals surface area contributed by atoms with Crippen LogP contribution >= 0.6 is 23.2 Å². The molecule has 0 atom stereocenters. The summed E-state index contributed by atoms with van der Waals surface area (Å²) in [4.78, 5) is 39.9. The summed E-state index contributed by atoms with van der Waals surface area (Å²) in [7, 11) is 0. The Kier molecular flexibility index (Phi) is 14.6. The Morgan fingerprint density at radius 3 is 1.60 bits per heavy atom. The van der Waals surface area contributed by atoms with Gasteiger partial charge in [0.05, 0.1) is 11.4 Å². The first-order valence-electron chi connectivity index (χ1n) is 19.1. The standard InChI is InChI=1S/C22H21ClFN5O.C16H12ClFN4.C5H11N/c1-14-11-16(12-19(23)26-14)18-13-25-21(28-22(30)29-9-3-2-4-10-29)27-20(18)15-5-7-17(24)8-6-15;1-9-6-11(7-14(17)21-9)13-8-20-16(19)22-15(13)10-2-4-12(18)5-3-10;1-2-4-6-5-3-1/h5-8,11-13H,2-4,9-10H2,1H3,(H,25,27,28,30);2-8H,1H3,(H2,19,20,22);6H,1-5H2. The van der Waals surface area contributed by atoms with Crippen molar-refractivity contribution in [3.05, 3.63) is 119 Å². The summed E-state index contributed by atoms with van der Waals surface area (Å²) in [5.74, 6) is -0.295. The minimum Gasteiger partial charge on any atom is -0.368 e. The summed E-state index contributed by atoms with van der Waals surface area (Å²) < 4.78 is 26.6. The lowest BCUT2D eigenvalue weighted by atomic mass is 10.0. The predicted molar refractivity (Wildman–Crippen MR) is 226 cm³/mol. The third-order valence-corrected chi connectivity index (χ3v) is 9.75. The van der Waals surface area contributed by atoms with E-state index in [9.17, 15) is 13.6 Å². The fourth-order valence-corrected chi connectivity index (χ4v) is 7.06. The molecule has 11 nitrogen and oxygen atoms in total. The number of carbonyl (C=O) groups is 1. The van der Waals surface area contributed by atoms with Gasteiger partial charge < -0.3 is 16.0 Å². The minimum atomic E-state index is -0.337. The topological polar surface area (TPSA) is 148 Å². The fraction of sp³-hybridized carbons (Fsp3) is 0.279. The molecule has 2 amide bonds. The van der Waals surface area contributed by atoms with Crippen molar-refractivity contribution in [2.24, 2.45) is 0 Å². The van der Waals surface area contributed by atoms with Gasteiger partial charge in [-0.15, -0.1) is 0 Å². The van der Waals surface area contributed by atoms with Gasteiger partial charge in [-0.25, -0.2) is 43.5 Å². The Morgan fingerprint density at radius 1 is 0.655 bits per heavy atom. The molecule has 0 unspecified atom stereocenters. The van der Waals surface area contributed by atoms with E-state index < -0.39 is 0 Å². The molecule has 2 aliphatic rings. The Morgan fingerprint density at radius 2 is 1.14 bits per heavy atom. The molecule has 2 fully saturated rings. The molecule has 0 aliphatic carbocycles. The number of rotatable bonds is 5. The minimum absolute atomic E-state index is 0.153. The summed E-state index contributed by atoms with van der Waals surface area (Å²) in [6, 6.07) is 19.1. The highest BCUT2D eigenvalue weighted by Gasteiger charge is 2.19. The molecule has 2 aliphatic heterocycles. The van der Waals surface area contributed by atoms with Crippen molar-refractivity contribution in [3.8, 4) is 44.8 Å². The monoisotopic (exact) mass is 824 g/mol. The van der Waals surface area contributed by atoms with Gasteiger partial charge in [-0.1, -0.05) is 29.6 Å². The van der Waals surface area contributed by atoms with Crippen LogP contribution in [-0.2, 0) is 0 Å². The van der Waals surface area contributed by atoms with Crippen LogP contribution in [-0.4, -0.2) is 67.0 Å². The second-order valence-electron chi connectivity index (χ2n) is 13.9. The maximum Gasteiger partial charge on any atom is 0.324 e. The fourth-order valence-electron chi connectivity index (χ4n) is 6.56. The van der Waals surface area contributed by atoms with Crippen LogP contribution in [0.3, 0.4) is 0 Å². The number of hydrogen-bond donors (Lipinski definition) is 3. The van der Waals surface area contributed by atoms with Gasteiger partial charge in [-0.2, -0.15) is 0 Å². The number of urea groups is 1. The number of benzene rings is 2. The molecule has 0 spiro atoms. The number of halogens is 4. The van der Waals surface area contributed by atoms with Crippen LogP contribution < -0.4 is 16.4 Å². The lowest BCUT2D eigenvalue weighted by molar-refractivity contribution is 0.200. The van der Waals surface area contributed by atoms with Crippen LogP contribution in [0.25, 0.3) is 44.8 Å². The van der Waals surface area contributed by atoms with Crippen LogP contribution in [0.4, 0.5) is 25.5 Å². The highest BCUT2D eigenvalue weighted by molar-refractivity contribution is 6.30. The zero-order chi connectivity index (χ0) is 41.0. The number of nitrogens with one attached hydrogen (secondary N) is 2. The Labute approximate surface area is 346 Å². The first-order valence-corrected chi connectivity index (χ1v) is 19.8. The van der Waals surface area contributed by atoms with E-state index in [0.717, 1.165) is 66.0 Å². The third-order valence-electron chi connectivity index (χ3n) is 9.37. The number of nitrogens with two attached hydrogens (primary N) is 1. The van der Waals surface area contributed by atoms with Crippen LogP contribution in [0.5, 0.6) is 0 Å². The number of hydrogen-bond acceptors (Lipinski definition) is 9. The van der Waals surface area contributed by atoms with Crippen LogP contribution in [0.2, 0.25) is 10.3 Å². The highest BCUT2D eigenvalue weighted by Crippen LogP contribution is 2.34. The van der Waals surface area contributed by atoms with Crippen molar-refractivity contribution in [2.45, 2.75) is 52.4 Å². The molecule has 0 radical (unpaired) electrons. The lowest BCUT2D eigenvalue weighted by Crippen LogP contribution is -2.39. The molecule has 0 saturated carbocycles. The van der Waals surface area contributed by atoms with Crippen LogP contribution in [0.15, 0.2) is 85.2 Å². The Hall–Kier alpha value is -5.63. The van der Waals surface area contributed by atoms with Crippen molar-refractivity contribution >= 4 is 41.1 Å². The van der Waals surface area contributed by atoms with E-state index >= 15 is 0 Å². The molecule has 8 rings (SSSR count). The Balaban J connectivity index is 0.000000176. The van der Waals surface area contributed by atoms with Gasteiger partial charge in [-0.05, 0) is 143 Å². The van der Waals surface area contributed by atoms with E-state index in [0.29, 0.717) is 32.8 Å². The second kappa shape index (κ2) is 20.2. The SMILES string of the molecule is C1CCNCC1.Cc1cc(-c2cnc(N)nc2-c2ccc(F)cc2)cc(Cl)n1.Cc1cc(-c2cnc(NC(=O)N3CCCCC3)nc2-c2ccc(F)cc2)cc(Cl)n1. The van der Waals surface area contributed by atoms with Crippen LogP contribution in [0.1, 0.15) is 49.9 Å². The van der Waals surface area contributed by atoms with E-state index in [4.69, 9.17) is 28.9 Å². The number of anilines is 2. The van der Waals surface area contributed by atoms with Crippen molar-refractivity contribution < 1.29 is 13.6 Å². The van der Waals surface area contributed by atoms with E-state index in [-0.39, 0.29) is 29.6 Å². The largest absolute Gasteiger partial charge is 0.368 e. The van der Waals surface area contributed by atoms with E-state index in [1.165, 1.54) is 56.6 Å². The molecule has 2 saturated heterocycles. The molecule has 0 bridgehead atoms. The maximum absolute atomic E-state index is 13.5. The van der Waals surface area contributed by atoms with E-state index in [1.54, 1.807) is 53.7 Å². The van der Waals surface area contributed by atoms with Gasteiger partial charge in [0.2, 0.25) is 11.9 Å². The number of likely N-dealkylation sites (tertiary alicyclic amines) is 1. The molecule has 58 heavy (non-hydrogen) atoms. The molecule has 15 heteroatoms. The zero-order valence-electron chi connectivity index (χ0n) is 32.3. The summed E-state index contributed by atoms with van der Waals surface area (Å²) in [6.45, 7) is 7.65. The van der Waals surface area contributed by atoms with Crippen LogP contribution in [0, 0.1) is 25.5 Å². The van der Waals surface area contributed by atoms with Crippen molar-refractivity contribution in [2.75, 3.05) is 37.2 Å². The van der Waals surface area contributed by atoms with Crippen molar-refractivity contribution in [1.29, 1.82) is 0 Å². The van der Waals surface area contributed by atoms with Crippen molar-refractivity contribution in [1.82, 2.24) is 40.1 Å². The number of nitrogen functional groups attached to an aromatic ring is 1.